The summed E-state index contributed by atoms with van der Waals surface area (Å²) in [6, 6.07) is 7.44. The fourth-order valence-electron chi connectivity index (χ4n) is 3.49. The second-order valence-corrected chi connectivity index (χ2v) is 6.68. The van der Waals surface area contributed by atoms with Crippen LogP contribution in [0, 0.1) is 5.41 Å². The van der Waals surface area contributed by atoms with Crippen LogP contribution in [0.2, 0.25) is 0 Å². The normalized spacial score (nSPS) is 25.5. The summed E-state index contributed by atoms with van der Waals surface area (Å²) in [5.41, 5.74) is 1.81. The molecule has 0 bridgehead atoms. The van der Waals surface area contributed by atoms with Crippen LogP contribution in [0.5, 0.6) is 0 Å². The summed E-state index contributed by atoms with van der Waals surface area (Å²) in [5.74, 6) is 0. The van der Waals surface area contributed by atoms with Gasteiger partial charge in [-0.25, -0.2) is 0 Å². The van der Waals surface area contributed by atoms with Crippen LogP contribution in [-0.4, -0.2) is 45.4 Å². The number of anilines is 2. The molecule has 0 saturated carbocycles. The van der Waals surface area contributed by atoms with Crippen molar-refractivity contribution in [2.24, 2.45) is 5.41 Å². The fraction of sp³-hybridized carbons (Fsp3) is 0.625. The van der Waals surface area contributed by atoms with E-state index in [1.165, 1.54) is 4.90 Å². The Kier molecular flexibility index (Phi) is 3.97. The summed E-state index contributed by atoms with van der Waals surface area (Å²) in [7, 11) is 0. The summed E-state index contributed by atoms with van der Waals surface area (Å²) in [6.07, 6.45) is -3.06. The van der Waals surface area contributed by atoms with E-state index in [2.05, 4.69) is 17.1 Å². The van der Waals surface area contributed by atoms with Crippen molar-refractivity contribution >= 4 is 11.4 Å². The van der Waals surface area contributed by atoms with Gasteiger partial charge in [-0.1, -0.05) is 19.1 Å². The minimum atomic E-state index is -4.17. The lowest BCUT2D eigenvalue weighted by molar-refractivity contribution is -0.119. The molecular formula is C16H22F3N3. The fourth-order valence-corrected chi connectivity index (χ4v) is 3.49. The van der Waals surface area contributed by atoms with Crippen LogP contribution < -0.4 is 15.1 Å². The van der Waals surface area contributed by atoms with Crippen molar-refractivity contribution in [2.45, 2.75) is 19.5 Å². The molecule has 3 rings (SSSR count). The van der Waals surface area contributed by atoms with Crippen molar-refractivity contribution in [1.29, 1.82) is 0 Å². The summed E-state index contributed by atoms with van der Waals surface area (Å²) in [5, 5.41) is 3.38. The molecule has 3 nitrogen and oxygen atoms in total. The highest BCUT2D eigenvalue weighted by Gasteiger charge is 2.36. The van der Waals surface area contributed by atoms with Gasteiger partial charge in [0.1, 0.15) is 6.54 Å². The van der Waals surface area contributed by atoms with Crippen molar-refractivity contribution in [1.82, 2.24) is 5.32 Å². The SMILES string of the molecule is CC1(CN2CCN(CC(F)(F)F)c3ccccc32)CCNC1. The molecule has 1 aromatic carbocycles. The van der Waals surface area contributed by atoms with Crippen LogP contribution in [0.15, 0.2) is 24.3 Å². The Hall–Kier alpha value is -1.43. The van der Waals surface area contributed by atoms with Gasteiger partial charge in [-0.15, -0.1) is 0 Å². The molecule has 1 N–H and O–H groups in total. The summed E-state index contributed by atoms with van der Waals surface area (Å²) in [6.45, 7) is 5.30. The first kappa shape index (κ1) is 15.5. The first-order valence-electron chi connectivity index (χ1n) is 7.73. The number of fused-ring (bicyclic) bond motifs is 1. The smallest absolute Gasteiger partial charge is 0.367 e. The number of hydrogen-bond acceptors (Lipinski definition) is 3. The van der Waals surface area contributed by atoms with Gasteiger partial charge in [-0.3, -0.25) is 0 Å². The number of halogens is 3. The maximum absolute atomic E-state index is 12.8. The van der Waals surface area contributed by atoms with E-state index >= 15 is 0 Å². The Balaban J connectivity index is 1.81. The molecule has 1 aromatic rings. The number of hydrogen-bond donors (Lipinski definition) is 1. The average Bonchev–Trinajstić information content (AvgIpc) is 2.87. The largest absolute Gasteiger partial charge is 0.405 e. The number of para-hydroxylation sites is 2. The monoisotopic (exact) mass is 313 g/mol. The van der Waals surface area contributed by atoms with Crippen molar-refractivity contribution in [3.8, 4) is 0 Å². The molecular weight excluding hydrogens is 291 g/mol. The molecule has 0 spiro atoms. The minimum absolute atomic E-state index is 0.194. The summed E-state index contributed by atoms with van der Waals surface area (Å²) >= 11 is 0. The molecule has 2 heterocycles. The third-order valence-electron chi connectivity index (χ3n) is 4.60. The Morgan fingerprint density at radius 1 is 1.14 bits per heavy atom. The molecule has 1 fully saturated rings. The van der Waals surface area contributed by atoms with E-state index in [1.54, 1.807) is 6.07 Å². The standard InChI is InChI=1S/C16H22F3N3/c1-15(6-7-20-10-15)11-21-8-9-22(12-16(17,18)19)14-5-3-2-4-13(14)21/h2-5,20H,6-12H2,1H3. The zero-order valence-corrected chi connectivity index (χ0v) is 12.8. The average molecular weight is 313 g/mol. The molecule has 22 heavy (non-hydrogen) atoms. The Labute approximate surface area is 129 Å². The number of benzene rings is 1. The van der Waals surface area contributed by atoms with Crippen molar-refractivity contribution in [3.05, 3.63) is 24.3 Å². The Bertz CT molecular complexity index is 524. The molecule has 0 radical (unpaired) electrons. The first-order valence-corrected chi connectivity index (χ1v) is 7.73. The van der Waals surface area contributed by atoms with E-state index in [4.69, 9.17) is 0 Å². The van der Waals surface area contributed by atoms with Crippen molar-refractivity contribution in [2.75, 3.05) is 49.1 Å². The maximum atomic E-state index is 12.8. The van der Waals surface area contributed by atoms with Gasteiger partial charge in [0.2, 0.25) is 0 Å². The van der Waals surface area contributed by atoms with Gasteiger partial charge in [0, 0.05) is 26.2 Å². The van der Waals surface area contributed by atoms with E-state index in [1.807, 2.05) is 18.2 Å². The second kappa shape index (κ2) is 5.65. The molecule has 1 saturated heterocycles. The van der Waals surface area contributed by atoms with Crippen LogP contribution in [0.4, 0.5) is 24.5 Å². The maximum Gasteiger partial charge on any atom is 0.405 e. The number of nitrogens with zero attached hydrogens (tertiary/aromatic N) is 2. The Morgan fingerprint density at radius 3 is 2.36 bits per heavy atom. The molecule has 122 valence electrons. The van der Waals surface area contributed by atoms with E-state index in [-0.39, 0.29) is 5.41 Å². The van der Waals surface area contributed by atoms with E-state index < -0.39 is 12.7 Å². The lowest BCUT2D eigenvalue weighted by Crippen LogP contribution is -2.48. The summed E-state index contributed by atoms with van der Waals surface area (Å²) in [4.78, 5) is 3.69. The third-order valence-corrected chi connectivity index (χ3v) is 4.60. The topological polar surface area (TPSA) is 18.5 Å². The second-order valence-electron chi connectivity index (χ2n) is 6.68. The van der Waals surface area contributed by atoms with Crippen LogP contribution in [0.3, 0.4) is 0 Å². The van der Waals surface area contributed by atoms with Crippen molar-refractivity contribution in [3.63, 3.8) is 0 Å². The highest BCUT2D eigenvalue weighted by Crippen LogP contribution is 2.37. The van der Waals surface area contributed by atoms with Gasteiger partial charge in [0.05, 0.1) is 11.4 Å². The molecule has 0 amide bonds. The summed E-state index contributed by atoms with van der Waals surface area (Å²) < 4.78 is 38.3. The molecule has 1 atom stereocenters. The molecule has 0 aliphatic carbocycles. The molecule has 6 heteroatoms. The first-order chi connectivity index (χ1) is 10.4. The lowest BCUT2D eigenvalue weighted by Gasteiger charge is -2.42. The van der Waals surface area contributed by atoms with Gasteiger partial charge in [-0.2, -0.15) is 13.2 Å². The van der Waals surface area contributed by atoms with Gasteiger partial charge < -0.3 is 15.1 Å². The van der Waals surface area contributed by atoms with Crippen molar-refractivity contribution < 1.29 is 13.2 Å². The minimum Gasteiger partial charge on any atom is -0.367 e. The van der Waals surface area contributed by atoms with Gasteiger partial charge in [0.15, 0.2) is 0 Å². The number of alkyl halides is 3. The predicted octanol–water partition coefficient (Wildman–Crippen LogP) is 2.87. The van der Waals surface area contributed by atoms with Crippen LogP contribution >= 0.6 is 0 Å². The predicted molar refractivity (Wildman–Crippen MR) is 82.5 cm³/mol. The lowest BCUT2D eigenvalue weighted by atomic mass is 9.88. The molecule has 0 aromatic heterocycles. The van der Waals surface area contributed by atoms with E-state index in [0.717, 1.165) is 31.7 Å². The molecule has 2 aliphatic heterocycles. The highest BCUT2D eigenvalue weighted by atomic mass is 19.4. The van der Waals surface area contributed by atoms with E-state index in [9.17, 15) is 13.2 Å². The van der Waals surface area contributed by atoms with Crippen LogP contribution in [0.1, 0.15) is 13.3 Å². The Morgan fingerprint density at radius 2 is 1.77 bits per heavy atom. The zero-order chi connectivity index (χ0) is 15.8. The van der Waals surface area contributed by atoms with Gasteiger partial charge >= 0.3 is 6.18 Å². The van der Waals surface area contributed by atoms with Crippen LogP contribution in [-0.2, 0) is 0 Å². The van der Waals surface area contributed by atoms with Gasteiger partial charge in [-0.05, 0) is 30.5 Å². The molecule has 2 aliphatic rings. The van der Waals surface area contributed by atoms with Gasteiger partial charge in [0.25, 0.3) is 0 Å². The zero-order valence-electron chi connectivity index (χ0n) is 12.8. The van der Waals surface area contributed by atoms with E-state index in [0.29, 0.717) is 18.8 Å². The number of nitrogens with one attached hydrogen (secondary N) is 1. The van der Waals surface area contributed by atoms with Crippen LogP contribution in [0.25, 0.3) is 0 Å². The highest BCUT2D eigenvalue weighted by molar-refractivity contribution is 5.73. The number of rotatable bonds is 3. The molecule has 1 unspecified atom stereocenters. The quantitative estimate of drug-likeness (QED) is 0.926. The third kappa shape index (κ3) is 3.32.